The van der Waals surface area contributed by atoms with Crippen molar-refractivity contribution in [2.45, 2.75) is 69.5 Å². The second-order valence-corrected chi connectivity index (χ2v) is 7.64. The lowest BCUT2D eigenvalue weighted by molar-refractivity contribution is 0.140. The molecule has 1 saturated carbocycles. The second-order valence-electron chi connectivity index (χ2n) is 7.64. The van der Waals surface area contributed by atoms with E-state index < -0.39 is 0 Å². The third-order valence-electron chi connectivity index (χ3n) is 5.90. The summed E-state index contributed by atoms with van der Waals surface area (Å²) in [7, 11) is 2.33. The number of nitrogens with zero attached hydrogens (tertiary/aromatic N) is 2. The maximum absolute atomic E-state index is 6.71. The van der Waals surface area contributed by atoms with Gasteiger partial charge >= 0.3 is 0 Å². The Labute approximate surface area is 118 Å². The Hall–Kier alpha value is -0.120. The first-order chi connectivity index (χ1) is 9.06. The zero-order chi connectivity index (χ0) is 13.5. The molecule has 1 aliphatic carbocycles. The molecule has 2 heterocycles. The second kappa shape index (κ2) is 5.34. The van der Waals surface area contributed by atoms with Crippen LogP contribution in [-0.4, -0.2) is 54.1 Å². The summed E-state index contributed by atoms with van der Waals surface area (Å²) in [5.41, 5.74) is 6.81. The molecule has 3 rings (SSSR count). The number of nitrogens with two attached hydrogens (primary N) is 1. The van der Waals surface area contributed by atoms with E-state index in [1.54, 1.807) is 0 Å². The molecule has 3 heteroatoms. The van der Waals surface area contributed by atoms with Gasteiger partial charge in [0.2, 0.25) is 0 Å². The zero-order valence-corrected chi connectivity index (χ0v) is 12.8. The zero-order valence-electron chi connectivity index (χ0n) is 12.8. The Kier molecular flexibility index (Phi) is 3.89. The lowest BCUT2D eigenvalue weighted by Crippen LogP contribution is -2.54. The van der Waals surface area contributed by atoms with Crippen molar-refractivity contribution in [1.29, 1.82) is 0 Å². The van der Waals surface area contributed by atoms with Crippen LogP contribution in [0, 0.1) is 5.92 Å². The molecule has 2 aliphatic heterocycles. The van der Waals surface area contributed by atoms with Crippen molar-refractivity contribution in [2.75, 3.05) is 26.7 Å². The van der Waals surface area contributed by atoms with Gasteiger partial charge in [-0.2, -0.15) is 0 Å². The maximum Gasteiger partial charge on any atom is 0.0285 e. The van der Waals surface area contributed by atoms with Gasteiger partial charge in [0, 0.05) is 30.7 Å². The number of likely N-dealkylation sites (tertiary alicyclic amines) is 1. The summed E-state index contributed by atoms with van der Waals surface area (Å²) in [4.78, 5) is 5.31. The summed E-state index contributed by atoms with van der Waals surface area (Å²) in [6.45, 7) is 6.02. The van der Waals surface area contributed by atoms with Crippen molar-refractivity contribution >= 4 is 0 Å². The van der Waals surface area contributed by atoms with E-state index in [-0.39, 0.29) is 5.54 Å². The van der Waals surface area contributed by atoms with Crippen LogP contribution in [0.2, 0.25) is 0 Å². The number of rotatable bonds is 2. The van der Waals surface area contributed by atoms with Gasteiger partial charge < -0.3 is 5.73 Å². The molecule has 0 spiro atoms. The molecule has 19 heavy (non-hydrogen) atoms. The minimum absolute atomic E-state index is 0.0970. The van der Waals surface area contributed by atoms with Crippen molar-refractivity contribution in [2.24, 2.45) is 11.7 Å². The molecule has 4 atom stereocenters. The molecular weight excluding hydrogens is 234 g/mol. The molecule has 3 fully saturated rings. The molecule has 4 unspecified atom stereocenters. The van der Waals surface area contributed by atoms with E-state index in [1.165, 1.54) is 58.0 Å². The van der Waals surface area contributed by atoms with Gasteiger partial charge in [-0.1, -0.05) is 19.8 Å². The van der Waals surface area contributed by atoms with E-state index in [0.29, 0.717) is 0 Å². The molecule has 0 radical (unpaired) electrons. The Morgan fingerprint density at radius 3 is 2.74 bits per heavy atom. The lowest BCUT2D eigenvalue weighted by atomic mass is 9.76. The average Bonchev–Trinajstić information content (AvgIpc) is 2.57. The van der Waals surface area contributed by atoms with Gasteiger partial charge in [-0.3, -0.25) is 9.80 Å². The fourth-order valence-electron chi connectivity index (χ4n) is 4.81. The van der Waals surface area contributed by atoms with Gasteiger partial charge in [0.05, 0.1) is 0 Å². The largest absolute Gasteiger partial charge is 0.324 e. The molecule has 3 aliphatic rings. The lowest BCUT2D eigenvalue weighted by Gasteiger charge is -2.41. The fourth-order valence-corrected chi connectivity index (χ4v) is 4.81. The summed E-state index contributed by atoms with van der Waals surface area (Å²) in [6, 6.07) is 1.63. The van der Waals surface area contributed by atoms with Crippen molar-refractivity contribution in [1.82, 2.24) is 9.80 Å². The highest BCUT2D eigenvalue weighted by Gasteiger charge is 2.38. The Bertz CT molecular complexity index is 319. The predicted octanol–water partition coefficient (Wildman–Crippen LogP) is 2.06. The highest BCUT2D eigenvalue weighted by atomic mass is 15.3. The topological polar surface area (TPSA) is 32.5 Å². The van der Waals surface area contributed by atoms with Crippen LogP contribution in [0.1, 0.15) is 51.9 Å². The standard InChI is InChI=1S/C16H31N3/c1-13-4-3-8-16(17,10-13)12-19-9-7-14-5-6-15(11-19)18(14)2/h13-15H,3-12,17H2,1-2H3. The third kappa shape index (κ3) is 2.98. The van der Waals surface area contributed by atoms with E-state index in [4.69, 9.17) is 5.73 Å². The first kappa shape index (κ1) is 13.8. The number of fused-ring (bicyclic) bond motifs is 2. The molecule has 3 nitrogen and oxygen atoms in total. The monoisotopic (exact) mass is 265 g/mol. The molecule has 2 saturated heterocycles. The molecular formula is C16H31N3. The van der Waals surface area contributed by atoms with Gasteiger partial charge in [0.1, 0.15) is 0 Å². The van der Waals surface area contributed by atoms with Crippen molar-refractivity contribution < 1.29 is 0 Å². The number of hydrogen-bond acceptors (Lipinski definition) is 3. The Morgan fingerprint density at radius 2 is 1.95 bits per heavy atom. The quantitative estimate of drug-likeness (QED) is 0.829. The van der Waals surface area contributed by atoms with Gasteiger partial charge in [0.15, 0.2) is 0 Å². The Morgan fingerprint density at radius 1 is 1.16 bits per heavy atom. The fraction of sp³-hybridized carbons (Fsp3) is 1.00. The number of likely N-dealkylation sites (N-methyl/N-ethyl adjacent to an activating group) is 1. The molecule has 2 bridgehead atoms. The minimum atomic E-state index is 0.0970. The van der Waals surface area contributed by atoms with Crippen LogP contribution in [0.4, 0.5) is 0 Å². The van der Waals surface area contributed by atoms with Crippen LogP contribution in [0.5, 0.6) is 0 Å². The minimum Gasteiger partial charge on any atom is -0.324 e. The summed E-state index contributed by atoms with van der Waals surface area (Å²) in [5, 5.41) is 0. The van der Waals surface area contributed by atoms with Crippen LogP contribution >= 0.6 is 0 Å². The van der Waals surface area contributed by atoms with Gasteiger partial charge in [-0.15, -0.1) is 0 Å². The van der Waals surface area contributed by atoms with Gasteiger partial charge in [-0.25, -0.2) is 0 Å². The highest BCUT2D eigenvalue weighted by Crippen LogP contribution is 2.33. The van der Waals surface area contributed by atoms with Gasteiger partial charge in [0.25, 0.3) is 0 Å². The highest BCUT2D eigenvalue weighted by molar-refractivity contribution is 4.96. The first-order valence-electron chi connectivity index (χ1n) is 8.29. The van der Waals surface area contributed by atoms with Crippen LogP contribution in [0.25, 0.3) is 0 Å². The van der Waals surface area contributed by atoms with Gasteiger partial charge in [-0.05, 0) is 51.6 Å². The smallest absolute Gasteiger partial charge is 0.0285 e. The average molecular weight is 265 g/mol. The van der Waals surface area contributed by atoms with E-state index >= 15 is 0 Å². The predicted molar refractivity (Wildman–Crippen MR) is 80.2 cm³/mol. The molecule has 2 N–H and O–H groups in total. The Balaban J connectivity index is 1.60. The first-order valence-corrected chi connectivity index (χ1v) is 8.29. The van der Waals surface area contributed by atoms with E-state index in [9.17, 15) is 0 Å². The summed E-state index contributed by atoms with van der Waals surface area (Å²) in [5.74, 6) is 0.824. The molecule has 0 amide bonds. The number of hydrogen-bond donors (Lipinski definition) is 1. The molecule has 0 aromatic carbocycles. The molecule has 110 valence electrons. The normalized spacial score (nSPS) is 45.3. The van der Waals surface area contributed by atoms with Crippen LogP contribution in [0.15, 0.2) is 0 Å². The van der Waals surface area contributed by atoms with Crippen LogP contribution in [0.3, 0.4) is 0 Å². The van der Waals surface area contributed by atoms with Crippen molar-refractivity contribution in [3.63, 3.8) is 0 Å². The van der Waals surface area contributed by atoms with Crippen LogP contribution in [-0.2, 0) is 0 Å². The maximum atomic E-state index is 6.71. The summed E-state index contributed by atoms with van der Waals surface area (Å²) >= 11 is 0. The van der Waals surface area contributed by atoms with E-state index in [0.717, 1.165) is 24.5 Å². The third-order valence-corrected chi connectivity index (χ3v) is 5.90. The van der Waals surface area contributed by atoms with Crippen molar-refractivity contribution in [3.05, 3.63) is 0 Å². The van der Waals surface area contributed by atoms with Crippen molar-refractivity contribution in [3.8, 4) is 0 Å². The van der Waals surface area contributed by atoms with E-state index in [1.807, 2.05) is 0 Å². The van der Waals surface area contributed by atoms with Crippen LogP contribution < -0.4 is 5.73 Å². The summed E-state index contributed by atoms with van der Waals surface area (Å²) in [6.07, 6.45) is 9.33. The molecule has 0 aromatic heterocycles. The van der Waals surface area contributed by atoms with E-state index in [2.05, 4.69) is 23.8 Å². The SMILES string of the molecule is CC1CCCC(N)(CN2CCC3CCC(C2)N3C)C1. The summed E-state index contributed by atoms with van der Waals surface area (Å²) < 4.78 is 0. The molecule has 0 aromatic rings.